The number of nitrogens with one attached hydrogen (secondary N) is 1. The van der Waals surface area contributed by atoms with Gasteiger partial charge in [-0.25, -0.2) is 4.79 Å². The third-order valence-electron chi connectivity index (χ3n) is 2.73. The monoisotopic (exact) mass is 199 g/mol. The van der Waals surface area contributed by atoms with E-state index in [1.54, 1.807) is 6.92 Å². The third kappa shape index (κ3) is 2.05. The normalized spacial score (nSPS) is 19.0. The van der Waals surface area contributed by atoms with E-state index in [1.165, 1.54) is 7.11 Å². The van der Waals surface area contributed by atoms with Crippen molar-refractivity contribution >= 4 is 11.9 Å². The highest BCUT2D eigenvalue weighted by molar-refractivity contribution is 5.88. The Morgan fingerprint density at radius 1 is 1.36 bits per heavy atom. The van der Waals surface area contributed by atoms with Gasteiger partial charge in [-0.3, -0.25) is 4.79 Å². The molecule has 0 saturated heterocycles. The molecular formula is C10H17NO3. The van der Waals surface area contributed by atoms with E-state index >= 15 is 0 Å². The van der Waals surface area contributed by atoms with E-state index in [9.17, 15) is 9.59 Å². The minimum Gasteiger partial charge on any atom is -0.467 e. The van der Waals surface area contributed by atoms with E-state index in [4.69, 9.17) is 4.74 Å². The molecule has 80 valence electrons. The first-order valence-electron chi connectivity index (χ1n) is 5.04. The molecule has 0 unspecified atom stereocenters. The van der Waals surface area contributed by atoms with Gasteiger partial charge in [-0.1, -0.05) is 19.8 Å². The van der Waals surface area contributed by atoms with Crippen LogP contribution in [0.3, 0.4) is 0 Å². The predicted molar refractivity (Wildman–Crippen MR) is 51.6 cm³/mol. The molecule has 1 N–H and O–H groups in total. The Morgan fingerprint density at radius 3 is 2.36 bits per heavy atom. The van der Waals surface area contributed by atoms with E-state index in [1.807, 2.05) is 0 Å². The zero-order chi connectivity index (χ0) is 10.6. The summed E-state index contributed by atoms with van der Waals surface area (Å²) in [5, 5.41) is 2.78. The van der Waals surface area contributed by atoms with Crippen molar-refractivity contribution in [3.8, 4) is 0 Å². The van der Waals surface area contributed by atoms with Crippen molar-refractivity contribution in [2.75, 3.05) is 7.11 Å². The maximum absolute atomic E-state index is 11.6. The van der Waals surface area contributed by atoms with Crippen LogP contribution >= 0.6 is 0 Å². The predicted octanol–water partition coefficient (Wildman–Crippen LogP) is 0.998. The lowest BCUT2D eigenvalue weighted by Crippen LogP contribution is -2.52. The fourth-order valence-corrected chi connectivity index (χ4v) is 1.91. The van der Waals surface area contributed by atoms with Gasteiger partial charge < -0.3 is 10.1 Å². The molecule has 4 heteroatoms. The zero-order valence-electron chi connectivity index (χ0n) is 8.76. The maximum atomic E-state index is 11.6. The van der Waals surface area contributed by atoms with Crippen LogP contribution in [0.15, 0.2) is 0 Å². The minimum absolute atomic E-state index is 0.0858. The zero-order valence-corrected chi connectivity index (χ0v) is 8.76. The number of methoxy groups -OCH3 is 1. The van der Waals surface area contributed by atoms with Gasteiger partial charge in [0.05, 0.1) is 7.11 Å². The molecule has 4 nitrogen and oxygen atoms in total. The molecule has 1 amide bonds. The van der Waals surface area contributed by atoms with Crippen LogP contribution in [0.2, 0.25) is 0 Å². The fraction of sp³-hybridized carbons (Fsp3) is 0.800. The number of rotatable bonds is 3. The van der Waals surface area contributed by atoms with Gasteiger partial charge in [-0.15, -0.1) is 0 Å². The van der Waals surface area contributed by atoms with Crippen LogP contribution in [-0.2, 0) is 14.3 Å². The van der Waals surface area contributed by atoms with Crippen molar-refractivity contribution in [1.29, 1.82) is 0 Å². The Labute approximate surface area is 84.0 Å². The Kier molecular flexibility index (Phi) is 3.49. The van der Waals surface area contributed by atoms with Gasteiger partial charge in [0.25, 0.3) is 0 Å². The smallest absolute Gasteiger partial charge is 0.331 e. The molecule has 0 radical (unpaired) electrons. The molecule has 0 bridgehead atoms. The van der Waals surface area contributed by atoms with E-state index in [2.05, 4.69) is 5.32 Å². The average molecular weight is 199 g/mol. The quantitative estimate of drug-likeness (QED) is 0.690. The number of carbonyl (C=O) groups excluding carboxylic acids is 2. The Morgan fingerprint density at radius 2 is 1.93 bits per heavy atom. The Hall–Kier alpha value is -1.06. The summed E-state index contributed by atoms with van der Waals surface area (Å²) in [4.78, 5) is 22.8. The van der Waals surface area contributed by atoms with Crippen molar-refractivity contribution in [3.63, 3.8) is 0 Å². The standard InChI is InChI=1S/C10H17NO3/c1-3-8(12)11-10(9(13)14-2)6-4-5-7-10/h3-7H2,1-2H3,(H,11,12). The first-order chi connectivity index (χ1) is 6.64. The van der Waals surface area contributed by atoms with Crippen LogP contribution in [0, 0.1) is 0 Å². The van der Waals surface area contributed by atoms with Crippen molar-refractivity contribution in [2.45, 2.75) is 44.6 Å². The Bertz CT molecular complexity index is 232. The van der Waals surface area contributed by atoms with Gasteiger partial charge in [-0.2, -0.15) is 0 Å². The SMILES string of the molecule is CCC(=O)NC1(C(=O)OC)CCCC1. The first-order valence-corrected chi connectivity index (χ1v) is 5.04. The average Bonchev–Trinajstić information content (AvgIpc) is 2.66. The third-order valence-corrected chi connectivity index (χ3v) is 2.73. The van der Waals surface area contributed by atoms with Gasteiger partial charge in [0.1, 0.15) is 5.54 Å². The van der Waals surface area contributed by atoms with Gasteiger partial charge in [-0.05, 0) is 12.8 Å². The Balaban J connectivity index is 2.71. The van der Waals surface area contributed by atoms with Crippen LogP contribution in [0.5, 0.6) is 0 Å². The summed E-state index contributed by atoms with van der Waals surface area (Å²) in [6.07, 6.45) is 3.74. The van der Waals surface area contributed by atoms with Crippen molar-refractivity contribution < 1.29 is 14.3 Å². The van der Waals surface area contributed by atoms with Crippen LogP contribution in [0.4, 0.5) is 0 Å². The highest BCUT2D eigenvalue weighted by Gasteiger charge is 2.43. The van der Waals surface area contributed by atoms with Crippen molar-refractivity contribution in [3.05, 3.63) is 0 Å². The number of ether oxygens (including phenoxy) is 1. The largest absolute Gasteiger partial charge is 0.467 e. The summed E-state index contributed by atoms with van der Waals surface area (Å²) in [6.45, 7) is 1.77. The molecule has 1 saturated carbocycles. The summed E-state index contributed by atoms with van der Waals surface area (Å²) in [6, 6.07) is 0. The number of hydrogen-bond acceptors (Lipinski definition) is 3. The van der Waals surface area contributed by atoms with Crippen molar-refractivity contribution in [2.24, 2.45) is 0 Å². The number of esters is 1. The molecule has 1 rings (SSSR count). The summed E-state index contributed by atoms with van der Waals surface area (Å²) in [5.74, 6) is -0.394. The summed E-state index contributed by atoms with van der Waals surface area (Å²) in [7, 11) is 1.36. The van der Waals surface area contributed by atoms with E-state index < -0.39 is 5.54 Å². The topological polar surface area (TPSA) is 55.4 Å². The summed E-state index contributed by atoms with van der Waals surface area (Å²) >= 11 is 0. The molecule has 0 aromatic carbocycles. The van der Waals surface area contributed by atoms with E-state index in [-0.39, 0.29) is 11.9 Å². The first kappa shape index (κ1) is 11.0. The summed E-state index contributed by atoms with van der Waals surface area (Å²) in [5.41, 5.74) is -0.734. The number of amides is 1. The lowest BCUT2D eigenvalue weighted by molar-refractivity contribution is -0.150. The van der Waals surface area contributed by atoms with E-state index in [0.717, 1.165) is 12.8 Å². The van der Waals surface area contributed by atoms with Gasteiger partial charge >= 0.3 is 5.97 Å². The van der Waals surface area contributed by atoms with Crippen LogP contribution in [0.25, 0.3) is 0 Å². The second kappa shape index (κ2) is 4.44. The molecule has 1 aliphatic carbocycles. The van der Waals surface area contributed by atoms with Gasteiger partial charge in [0.2, 0.25) is 5.91 Å². The lowest BCUT2D eigenvalue weighted by Gasteiger charge is -2.26. The molecule has 0 aliphatic heterocycles. The van der Waals surface area contributed by atoms with Crippen LogP contribution in [0.1, 0.15) is 39.0 Å². The number of carbonyl (C=O) groups is 2. The summed E-state index contributed by atoms with van der Waals surface area (Å²) < 4.78 is 4.73. The highest BCUT2D eigenvalue weighted by Crippen LogP contribution is 2.30. The van der Waals surface area contributed by atoms with Gasteiger partial charge in [0.15, 0.2) is 0 Å². The molecule has 0 aromatic heterocycles. The van der Waals surface area contributed by atoms with Crippen LogP contribution in [-0.4, -0.2) is 24.5 Å². The lowest BCUT2D eigenvalue weighted by atomic mass is 9.97. The molecule has 0 atom stereocenters. The molecule has 1 fully saturated rings. The fourth-order valence-electron chi connectivity index (χ4n) is 1.91. The molecule has 0 aromatic rings. The molecular weight excluding hydrogens is 182 g/mol. The molecule has 0 spiro atoms. The van der Waals surface area contributed by atoms with Crippen LogP contribution < -0.4 is 5.32 Å². The number of hydrogen-bond donors (Lipinski definition) is 1. The minimum atomic E-state index is -0.734. The second-order valence-electron chi connectivity index (χ2n) is 3.68. The maximum Gasteiger partial charge on any atom is 0.331 e. The van der Waals surface area contributed by atoms with Gasteiger partial charge in [0, 0.05) is 6.42 Å². The van der Waals surface area contributed by atoms with Crippen molar-refractivity contribution in [1.82, 2.24) is 5.32 Å². The highest BCUT2D eigenvalue weighted by atomic mass is 16.5. The van der Waals surface area contributed by atoms with E-state index in [0.29, 0.717) is 19.3 Å². The molecule has 0 heterocycles. The second-order valence-corrected chi connectivity index (χ2v) is 3.68. The molecule has 14 heavy (non-hydrogen) atoms. The molecule has 1 aliphatic rings.